The molecule has 29 heavy (non-hydrogen) atoms. The minimum atomic E-state index is -0.347. The molecule has 0 bridgehead atoms. The number of carbonyl (C=O) groups is 1. The Balaban J connectivity index is 1.61. The number of ether oxygens (including phenoxy) is 2. The van der Waals surface area contributed by atoms with E-state index < -0.39 is 0 Å². The van der Waals surface area contributed by atoms with Gasteiger partial charge in [-0.25, -0.2) is 14.4 Å². The van der Waals surface area contributed by atoms with Gasteiger partial charge in [-0.15, -0.1) is 0 Å². The van der Waals surface area contributed by atoms with Crippen LogP contribution in [0.3, 0.4) is 0 Å². The average Bonchev–Trinajstić information content (AvgIpc) is 2.69. The fourth-order valence-corrected chi connectivity index (χ4v) is 2.59. The standard InChI is InChI=1S/C21H19ClFN3O3/c1-13(2)28-21-18(22)10-15(12-26-21)20(27)25-11-14-7-8-24-19(9-14)29-17-5-3-16(23)4-6-17/h3-10,12-13H,11H2,1-2H3,(H,25,27). The van der Waals surface area contributed by atoms with Crippen LogP contribution in [0.2, 0.25) is 5.02 Å². The number of carbonyl (C=O) groups excluding carboxylic acids is 1. The highest BCUT2D eigenvalue weighted by Crippen LogP contribution is 2.24. The van der Waals surface area contributed by atoms with Crippen molar-refractivity contribution in [3.63, 3.8) is 0 Å². The topological polar surface area (TPSA) is 73.3 Å². The summed E-state index contributed by atoms with van der Waals surface area (Å²) in [6.07, 6.45) is 2.91. The van der Waals surface area contributed by atoms with Gasteiger partial charge in [0.2, 0.25) is 11.8 Å². The predicted molar refractivity (Wildman–Crippen MR) is 107 cm³/mol. The maximum atomic E-state index is 13.0. The molecule has 0 fully saturated rings. The molecule has 0 atom stereocenters. The van der Waals surface area contributed by atoms with Gasteiger partial charge in [-0.1, -0.05) is 11.6 Å². The molecular weight excluding hydrogens is 397 g/mol. The maximum absolute atomic E-state index is 13.0. The fourth-order valence-electron chi connectivity index (χ4n) is 2.38. The molecular formula is C21H19ClFN3O3. The number of halogens is 2. The summed E-state index contributed by atoms with van der Waals surface area (Å²) in [4.78, 5) is 20.6. The molecule has 0 aliphatic rings. The zero-order valence-corrected chi connectivity index (χ0v) is 16.6. The quantitative estimate of drug-likeness (QED) is 0.601. The molecule has 3 rings (SSSR count). The van der Waals surface area contributed by atoms with Crippen LogP contribution in [0.5, 0.6) is 17.5 Å². The molecule has 2 aromatic heterocycles. The van der Waals surface area contributed by atoms with Gasteiger partial charge in [0, 0.05) is 25.0 Å². The van der Waals surface area contributed by atoms with Crippen molar-refractivity contribution in [1.82, 2.24) is 15.3 Å². The molecule has 0 saturated heterocycles. The molecule has 8 heteroatoms. The number of benzene rings is 1. The van der Waals surface area contributed by atoms with E-state index in [2.05, 4.69) is 15.3 Å². The van der Waals surface area contributed by atoms with Crippen LogP contribution in [0.4, 0.5) is 4.39 Å². The Labute approximate surface area is 172 Å². The van der Waals surface area contributed by atoms with Crippen LogP contribution in [-0.2, 0) is 6.54 Å². The van der Waals surface area contributed by atoms with Crippen LogP contribution in [0.25, 0.3) is 0 Å². The number of nitrogens with zero attached hydrogens (tertiary/aromatic N) is 2. The van der Waals surface area contributed by atoms with Crippen molar-refractivity contribution in [3.05, 3.63) is 76.8 Å². The van der Waals surface area contributed by atoms with E-state index in [9.17, 15) is 9.18 Å². The van der Waals surface area contributed by atoms with Crippen LogP contribution in [-0.4, -0.2) is 22.0 Å². The van der Waals surface area contributed by atoms with Crippen molar-refractivity contribution in [3.8, 4) is 17.5 Å². The minimum absolute atomic E-state index is 0.0716. The second-order valence-corrected chi connectivity index (χ2v) is 6.83. The third-order valence-corrected chi connectivity index (χ3v) is 3.98. The first-order valence-corrected chi connectivity index (χ1v) is 9.27. The zero-order chi connectivity index (χ0) is 20.8. The highest BCUT2D eigenvalue weighted by Gasteiger charge is 2.12. The fraction of sp³-hybridized carbons (Fsp3) is 0.190. The Kier molecular flexibility index (Phi) is 6.61. The number of rotatable bonds is 7. The molecule has 0 unspecified atom stereocenters. The van der Waals surface area contributed by atoms with Crippen molar-refractivity contribution < 1.29 is 18.7 Å². The third kappa shape index (κ3) is 5.89. The van der Waals surface area contributed by atoms with Gasteiger partial charge in [-0.2, -0.15) is 0 Å². The lowest BCUT2D eigenvalue weighted by Crippen LogP contribution is -2.23. The Morgan fingerprint density at radius 1 is 1.17 bits per heavy atom. The lowest BCUT2D eigenvalue weighted by atomic mass is 10.2. The SMILES string of the molecule is CC(C)Oc1ncc(C(=O)NCc2ccnc(Oc3ccc(F)cc3)c2)cc1Cl. The summed E-state index contributed by atoms with van der Waals surface area (Å²) in [6.45, 7) is 3.98. The zero-order valence-electron chi connectivity index (χ0n) is 15.9. The Bertz CT molecular complexity index is 997. The summed E-state index contributed by atoms with van der Waals surface area (Å²) in [7, 11) is 0. The molecule has 6 nitrogen and oxygen atoms in total. The number of pyridine rings is 2. The molecule has 150 valence electrons. The van der Waals surface area contributed by atoms with E-state index in [0.717, 1.165) is 5.56 Å². The lowest BCUT2D eigenvalue weighted by Gasteiger charge is -2.11. The highest BCUT2D eigenvalue weighted by atomic mass is 35.5. The number of aromatic nitrogens is 2. The first kappa shape index (κ1) is 20.5. The lowest BCUT2D eigenvalue weighted by molar-refractivity contribution is 0.0950. The van der Waals surface area contributed by atoms with Gasteiger partial charge in [-0.05, 0) is 55.8 Å². The smallest absolute Gasteiger partial charge is 0.253 e. The Hall–Kier alpha value is -3.19. The first-order chi connectivity index (χ1) is 13.9. The van der Waals surface area contributed by atoms with Crippen molar-refractivity contribution >= 4 is 17.5 Å². The molecule has 0 radical (unpaired) electrons. The van der Waals surface area contributed by atoms with Gasteiger partial charge in [0.1, 0.15) is 16.6 Å². The molecule has 0 spiro atoms. The highest BCUT2D eigenvalue weighted by molar-refractivity contribution is 6.32. The number of nitrogens with one attached hydrogen (secondary N) is 1. The minimum Gasteiger partial charge on any atom is -0.474 e. The van der Waals surface area contributed by atoms with Crippen LogP contribution in [0, 0.1) is 5.82 Å². The molecule has 0 aliphatic heterocycles. The summed E-state index contributed by atoms with van der Waals surface area (Å²) in [5.74, 6) is 0.413. The molecule has 2 heterocycles. The van der Waals surface area contributed by atoms with Gasteiger partial charge in [-0.3, -0.25) is 4.79 Å². The van der Waals surface area contributed by atoms with Gasteiger partial charge in [0.15, 0.2) is 0 Å². The largest absolute Gasteiger partial charge is 0.474 e. The summed E-state index contributed by atoms with van der Waals surface area (Å²) < 4.78 is 24.0. The van der Waals surface area contributed by atoms with E-state index in [4.69, 9.17) is 21.1 Å². The van der Waals surface area contributed by atoms with E-state index in [1.54, 1.807) is 18.3 Å². The van der Waals surface area contributed by atoms with Crippen LogP contribution in [0.15, 0.2) is 54.9 Å². The van der Waals surface area contributed by atoms with E-state index in [1.807, 2.05) is 13.8 Å². The summed E-state index contributed by atoms with van der Waals surface area (Å²) in [5.41, 5.74) is 1.10. The Morgan fingerprint density at radius 3 is 2.62 bits per heavy atom. The second kappa shape index (κ2) is 9.34. The van der Waals surface area contributed by atoms with Crippen molar-refractivity contribution in [2.75, 3.05) is 0 Å². The van der Waals surface area contributed by atoms with Crippen LogP contribution >= 0.6 is 11.6 Å². The molecule has 0 aliphatic carbocycles. The number of hydrogen-bond donors (Lipinski definition) is 1. The van der Waals surface area contributed by atoms with Gasteiger partial charge in [0.25, 0.3) is 5.91 Å². The van der Waals surface area contributed by atoms with Crippen LogP contribution < -0.4 is 14.8 Å². The van der Waals surface area contributed by atoms with Crippen molar-refractivity contribution in [1.29, 1.82) is 0 Å². The third-order valence-electron chi connectivity index (χ3n) is 3.71. The summed E-state index contributed by atoms with van der Waals surface area (Å²) in [5, 5.41) is 3.06. The van der Waals surface area contributed by atoms with Crippen molar-refractivity contribution in [2.24, 2.45) is 0 Å². The average molecular weight is 416 g/mol. The number of amides is 1. The molecule has 0 saturated carbocycles. The maximum Gasteiger partial charge on any atom is 0.253 e. The normalized spacial score (nSPS) is 10.7. The molecule has 1 N–H and O–H groups in total. The van der Waals surface area contributed by atoms with E-state index >= 15 is 0 Å². The predicted octanol–water partition coefficient (Wildman–Crippen LogP) is 4.78. The number of hydrogen-bond acceptors (Lipinski definition) is 5. The molecule has 1 amide bonds. The molecule has 1 aromatic carbocycles. The first-order valence-electron chi connectivity index (χ1n) is 8.89. The van der Waals surface area contributed by atoms with E-state index in [1.165, 1.54) is 36.5 Å². The summed E-state index contributed by atoms with van der Waals surface area (Å²) in [6, 6.07) is 10.6. The van der Waals surface area contributed by atoms with E-state index in [-0.39, 0.29) is 35.3 Å². The van der Waals surface area contributed by atoms with E-state index in [0.29, 0.717) is 17.2 Å². The van der Waals surface area contributed by atoms with Crippen molar-refractivity contribution in [2.45, 2.75) is 26.5 Å². The summed E-state index contributed by atoms with van der Waals surface area (Å²) >= 11 is 6.13. The Morgan fingerprint density at radius 2 is 1.93 bits per heavy atom. The monoisotopic (exact) mass is 415 g/mol. The van der Waals surface area contributed by atoms with Crippen LogP contribution in [0.1, 0.15) is 29.8 Å². The second-order valence-electron chi connectivity index (χ2n) is 6.42. The van der Waals surface area contributed by atoms with Gasteiger partial charge >= 0.3 is 0 Å². The molecule has 3 aromatic rings. The van der Waals surface area contributed by atoms with Gasteiger partial charge in [0.05, 0.1) is 11.7 Å². The van der Waals surface area contributed by atoms with Gasteiger partial charge < -0.3 is 14.8 Å².